The zero-order valence-corrected chi connectivity index (χ0v) is 10.9. The van der Waals surface area contributed by atoms with Crippen molar-refractivity contribution in [3.05, 3.63) is 65.7 Å². The zero-order valence-electron chi connectivity index (χ0n) is 10.9. The van der Waals surface area contributed by atoms with Gasteiger partial charge in [0.25, 0.3) is 0 Å². The van der Waals surface area contributed by atoms with E-state index in [1.807, 2.05) is 36.4 Å². The Morgan fingerprint density at radius 2 is 1.63 bits per heavy atom. The third kappa shape index (κ3) is 3.85. The number of carbonyl (C=O) groups is 1. The van der Waals surface area contributed by atoms with Gasteiger partial charge in [-0.05, 0) is 29.7 Å². The summed E-state index contributed by atoms with van der Waals surface area (Å²) in [7, 11) is 0. The van der Waals surface area contributed by atoms with Crippen molar-refractivity contribution in [2.24, 2.45) is 0 Å². The number of nitrogens with one attached hydrogen (secondary N) is 1. The molecule has 19 heavy (non-hydrogen) atoms. The van der Waals surface area contributed by atoms with Gasteiger partial charge < -0.3 is 10.1 Å². The Morgan fingerprint density at radius 3 is 2.32 bits per heavy atom. The van der Waals surface area contributed by atoms with Crippen LogP contribution >= 0.6 is 0 Å². The molecule has 0 atom stereocenters. The molecule has 2 rings (SSSR count). The Balaban J connectivity index is 1.90. The minimum Gasteiger partial charge on any atom is -0.410 e. The summed E-state index contributed by atoms with van der Waals surface area (Å²) in [6, 6.07) is 17.1. The lowest BCUT2D eigenvalue weighted by atomic mass is 10.1. The molecule has 0 aromatic heterocycles. The van der Waals surface area contributed by atoms with Gasteiger partial charge >= 0.3 is 6.09 Å². The quantitative estimate of drug-likeness (QED) is 0.907. The molecule has 0 saturated carbocycles. The van der Waals surface area contributed by atoms with Gasteiger partial charge in [-0.15, -0.1) is 0 Å². The summed E-state index contributed by atoms with van der Waals surface area (Å²) >= 11 is 0. The summed E-state index contributed by atoms with van der Waals surface area (Å²) in [6.45, 7) is 2.58. The number of para-hydroxylation sites is 1. The maximum Gasteiger partial charge on any atom is 0.412 e. The van der Waals surface area contributed by atoms with Gasteiger partial charge in [0.1, 0.15) is 5.75 Å². The fourth-order valence-corrected chi connectivity index (χ4v) is 1.87. The van der Waals surface area contributed by atoms with E-state index in [1.54, 1.807) is 12.1 Å². The van der Waals surface area contributed by atoms with E-state index in [2.05, 4.69) is 18.3 Å². The molecule has 0 aliphatic heterocycles. The van der Waals surface area contributed by atoms with E-state index >= 15 is 0 Å². The summed E-state index contributed by atoms with van der Waals surface area (Å²) in [5.41, 5.74) is 2.36. The molecule has 0 spiro atoms. The summed E-state index contributed by atoms with van der Waals surface area (Å²) in [5, 5.41) is 2.76. The normalized spacial score (nSPS) is 9.95. The highest BCUT2D eigenvalue weighted by Gasteiger charge is 2.05. The van der Waals surface area contributed by atoms with Crippen molar-refractivity contribution in [3.8, 4) is 5.75 Å². The van der Waals surface area contributed by atoms with Crippen LogP contribution in [0.1, 0.15) is 18.1 Å². The lowest BCUT2D eigenvalue weighted by molar-refractivity contribution is 0.200. The first-order valence-electron chi connectivity index (χ1n) is 6.37. The second-order valence-electron chi connectivity index (χ2n) is 4.18. The number of rotatable bonds is 4. The molecular weight excluding hydrogens is 238 g/mol. The van der Waals surface area contributed by atoms with Crippen molar-refractivity contribution in [3.63, 3.8) is 0 Å². The van der Waals surface area contributed by atoms with Crippen molar-refractivity contribution < 1.29 is 9.53 Å². The van der Waals surface area contributed by atoms with Gasteiger partial charge in [0.05, 0.1) is 0 Å². The van der Waals surface area contributed by atoms with Crippen LogP contribution in [0.25, 0.3) is 0 Å². The number of hydrogen-bond donors (Lipinski definition) is 1. The van der Waals surface area contributed by atoms with E-state index in [-0.39, 0.29) is 0 Å². The molecule has 3 nitrogen and oxygen atoms in total. The molecule has 0 fully saturated rings. The molecule has 0 unspecified atom stereocenters. The van der Waals surface area contributed by atoms with Crippen LogP contribution in [-0.2, 0) is 13.0 Å². The number of hydrogen-bond acceptors (Lipinski definition) is 2. The van der Waals surface area contributed by atoms with Crippen LogP contribution < -0.4 is 10.1 Å². The van der Waals surface area contributed by atoms with E-state index in [9.17, 15) is 4.79 Å². The molecule has 3 heteroatoms. The lowest BCUT2D eigenvalue weighted by Gasteiger charge is -2.09. The fraction of sp³-hybridized carbons (Fsp3) is 0.188. The van der Waals surface area contributed by atoms with Gasteiger partial charge in [-0.25, -0.2) is 4.79 Å². The smallest absolute Gasteiger partial charge is 0.410 e. The van der Waals surface area contributed by atoms with E-state index in [0.29, 0.717) is 12.3 Å². The van der Waals surface area contributed by atoms with Gasteiger partial charge in [0.2, 0.25) is 0 Å². The van der Waals surface area contributed by atoms with E-state index < -0.39 is 6.09 Å². The molecule has 1 amide bonds. The van der Waals surface area contributed by atoms with Crippen LogP contribution in [0.2, 0.25) is 0 Å². The van der Waals surface area contributed by atoms with Crippen LogP contribution in [0, 0.1) is 0 Å². The van der Waals surface area contributed by atoms with Gasteiger partial charge in [-0.1, -0.05) is 49.4 Å². The van der Waals surface area contributed by atoms with Crippen molar-refractivity contribution in [2.75, 3.05) is 0 Å². The fourth-order valence-electron chi connectivity index (χ4n) is 1.87. The van der Waals surface area contributed by atoms with Gasteiger partial charge in [0, 0.05) is 6.54 Å². The molecule has 0 heterocycles. The van der Waals surface area contributed by atoms with Crippen molar-refractivity contribution in [1.29, 1.82) is 0 Å². The van der Waals surface area contributed by atoms with Crippen molar-refractivity contribution in [1.82, 2.24) is 5.32 Å². The summed E-state index contributed by atoms with van der Waals surface area (Å²) < 4.78 is 5.16. The highest BCUT2D eigenvalue weighted by Crippen LogP contribution is 2.10. The first-order chi connectivity index (χ1) is 9.29. The molecule has 2 aromatic carbocycles. The monoisotopic (exact) mass is 255 g/mol. The van der Waals surface area contributed by atoms with Crippen LogP contribution in [0.4, 0.5) is 4.79 Å². The van der Waals surface area contributed by atoms with Gasteiger partial charge in [-0.2, -0.15) is 0 Å². The Labute approximate surface area is 113 Å². The molecule has 0 radical (unpaired) electrons. The molecule has 0 saturated heterocycles. The highest BCUT2D eigenvalue weighted by molar-refractivity contribution is 5.70. The number of benzene rings is 2. The molecule has 1 N–H and O–H groups in total. The van der Waals surface area contributed by atoms with Crippen molar-refractivity contribution >= 4 is 6.09 Å². The summed E-state index contributed by atoms with van der Waals surface area (Å²) in [6.07, 6.45) is 0.517. The summed E-state index contributed by atoms with van der Waals surface area (Å²) in [4.78, 5) is 11.7. The molecule has 0 aliphatic rings. The van der Waals surface area contributed by atoms with Gasteiger partial charge in [-0.3, -0.25) is 0 Å². The third-order valence-electron chi connectivity index (χ3n) is 2.88. The largest absolute Gasteiger partial charge is 0.412 e. The molecule has 2 aromatic rings. The van der Waals surface area contributed by atoms with Crippen LogP contribution in [0.5, 0.6) is 5.75 Å². The zero-order chi connectivity index (χ0) is 13.5. The first-order valence-corrected chi connectivity index (χ1v) is 6.37. The standard InChI is InChI=1S/C16H17NO2/c1-2-13-8-6-7-9-14(13)12-17-16(18)19-15-10-4-3-5-11-15/h3-11H,2,12H2,1H3,(H,17,18). The molecular formula is C16H17NO2. The average molecular weight is 255 g/mol. The Bertz CT molecular complexity index is 537. The highest BCUT2D eigenvalue weighted by atomic mass is 16.5. The van der Waals surface area contributed by atoms with Crippen LogP contribution in [-0.4, -0.2) is 6.09 Å². The first kappa shape index (κ1) is 13.1. The van der Waals surface area contributed by atoms with Crippen molar-refractivity contribution in [2.45, 2.75) is 19.9 Å². The predicted octanol–water partition coefficient (Wildman–Crippen LogP) is 3.54. The number of amides is 1. The molecule has 0 bridgehead atoms. The number of ether oxygens (including phenoxy) is 1. The van der Waals surface area contributed by atoms with E-state index in [0.717, 1.165) is 12.0 Å². The maximum atomic E-state index is 11.7. The lowest BCUT2D eigenvalue weighted by Crippen LogP contribution is -2.26. The Hall–Kier alpha value is -2.29. The molecule has 98 valence electrons. The van der Waals surface area contributed by atoms with Crippen LogP contribution in [0.3, 0.4) is 0 Å². The summed E-state index contributed by atoms with van der Waals surface area (Å²) in [5.74, 6) is 0.545. The average Bonchev–Trinajstić information content (AvgIpc) is 2.46. The second-order valence-corrected chi connectivity index (χ2v) is 4.18. The Morgan fingerprint density at radius 1 is 1.00 bits per heavy atom. The Kier molecular flexibility index (Phi) is 4.56. The number of carbonyl (C=O) groups excluding carboxylic acids is 1. The predicted molar refractivity (Wildman–Crippen MR) is 75.1 cm³/mol. The maximum absolute atomic E-state index is 11.7. The topological polar surface area (TPSA) is 38.3 Å². The second kappa shape index (κ2) is 6.59. The van der Waals surface area contributed by atoms with Gasteiger partial charge in [0.15, 0.2) is 0 Å². The van der Waals surface area contributed by atoms with E-state index in [1.165, 1.54) is 5.56 Å². The van der Waals surface area contributed by atoms with E-state index in [4.69, 9.17) is 4.74 Å². The number of aryl methyl sites for hydroxylation is 1. The minimum absolute atomic E-state index is 0.433. The SMILES string of the molecule is CCc1ccccc1CNC(=O)Oc1ccccc1. The molecule has 0 aliphatic carbocycles. The third-order valence-corrected chi connectivity index (χ3v) is 2.88. The van der Waals surface area contributed by atoms with Crippen LogP contribution in [0.15, 0.2) is 54.6 Å². The minimum atomic E-state index is -0.433.